The lowest BCUT2D eigenvalue weighted by Crippen LogP contribution is -2.11. The molecule has 0 aliphatic carbocycles. The molecule has 0 saturated heterocycles. The molecule has 102 valence electrons. The lowest BCUT2D eigenvalue weighted by Gasteiger charge is -2.04. The molecule has 1 aromatic carbocycles. The molecule has 1 unspecified atom stereocenters. The molecule has 0 bridgehead atoms. The first-order valence-corrected chi connectivity index (χ1v) is 6.36. The monoisotopic (exact) mass is 261 g/mol. The minimum Gasteiger partial charge on any atom is -0.385 e. The van der Waals surface area contributed by atoms with Crippen molar-refractivity contribution in [3.63, 3.8) is 0 Å². The third-order valence-electron chi connectivity index (χ3n) is 2.90. The smallest absolute Gasteiger partial charge is 0.243 e. The molecular weight excluding hydrogens is 242 g/mol. The van der Waals surface area contributed by atoms with E-state index in [9.17, 15) is 0 Å². The van der Waals surface area contributed by atoms with E-state index in [4.69, 9.17) is 15.0 Å². The van der Waals surface area contributed by atoms with Gasteiger partial charge in [0.05, 0.1) is 6.04 Å². The first kappa shape index (κ1) is 13.7. The van der Waals surface area contributed by atoms with Gasteiger partial charge in [0.25, 0.3) is 0 Å². The highest BCUT2D eigenvalue weighted by atomic mass is 16.5. The van der Waals surface area contributed by atoms with Crippen molar-refractivity contribution in [2.45, 2.75) is 25.8 Å². The Balaban J connectivity index is 2.06. The Bertz CT molecular complexity index is 525. The Hall–Kier alpha value is -1.72. The maximum absolute atomic E-state index is 6.01. The number of nitrogens with zero attached hydrogens (tertiary/aromatic N) is 2. The van der Waals surface area contributed by atoms with Gasteiger partial charge < -0.3 is 15.0 Å². The van der Waals surface area contributed by atoms with E-state index in [1.165, 1.54) is 0 Å². The molecule has 0 fully saturated rings. The van der Waals surface area contributed by atoms with Crippen LogP contribution < -0.4 is 5.73 Å². The average molecular weight is 261 g/mol. The third-order valence-corrected chi connectivity index (χ3v) is 2.90. The summed E-state index contributed by atoms with van der Waals surface area (Å²) in [6, 6.07) is 7.74. The highest BCUT2D eigenvalue weighted by Gasteiger charge is 2.15. The molecule has 1 aromatic heterocycles. The summed E-state index contributed by atoms with van der Waals surface area (Å²) >= 11 is 0. The minimum absolute atomic E-state index is 0.235. The van der Waals surface area contributed by atoms with Gasteiger partial charge in [0, 0.05) is 19.3 Å². The normalized spacial score (nSPS) is 12.6. The average Bonchev–Trinajstić information content (AvgIpc) is 2.88. The second-order valence-corrected chi connectivity index (χ2v) is 4.57. The summed E-state index contributed by atoms with van der Waals surface area (Å²) in [6.45, 7) is 2.72. The number of ether oxygens (including phenoxy) is 1. The predicted molar refractivity (Wildman–Crippen MR) is 72.5 cm³/mol. The van der Waals surface area contributed by atoms with E-state index in [1.807, 2.05) is 31.2 Å². The van der Waals surface area contributed by atoms with E-state index in [-0.39, 0.29) is 6.04 Å². The van der Waals surface area contributed by atoms with Crippen LogP contribution in [0.25, 0.3) is 11.4 Å². The zero-order valence-electron chi connectivity index (χ0n) is 11.3. The number of nitrogens with two attached hydrogens (primary N) is 1. The SMILES string of the molecule is COCCCC(N)c1nc(-c2cccc(C)c2)no1. The van der Waals surface area contributed by atoms with E-state index < -0.39 is 0 Å². The predicted octanol–water partition coefficient (Wildman–Crippen LogP) is 2.47. The second-order valence-electron chi connectivity index (χ2n) is 4.57. The molecule has 0 spiro atoms. The largest absolute Gasteiger partial charge is 0.385 e. The topological polar surface area (TPSA) is 74.2 Å². The fraction of sp³-hybridized carbons (Fsp3) is 0.429. The second kappa shape index (κ2) is 6.45. The lowest BCUT2D eigenvalue weighted by atomic mass is 10.1. The Kier molecular flexibility index (Phi) is 4.65. The molecule has 0 saturated carbocycles. The third kappa shape index (κ3) is 3.62. The number of benzene rings is 1. The van der Waals surface area contributed by atoms with Gasteiger partial charge in [0.15, 0.2) is 0 Å². The molecule has 0 aliphatic rings. The van der Waals surface area contributed by atoms with Crippen LogP contribution in [0, 0.1) is 6.92 Å². The van der Waals surface area contributed by atoms with Crippen LogP contribution in [-0.4, -0.2) is 23.9 Å². The van der Waals surface area contributed by atoms with E-state index in [2.05, 4.69) is 10.1 Å². The van der Waals surface area contributed by atoms with E-state index in [0.717, 1.165) is 24.0 Å². The van der Waals surface area contributed by atoms with Crippen molar-refractivity contribution in [2.24, 2.45) is 5.73 Å². The molecule has 0 amide bonds. The summed E-state index contributed by atoms with van der Waals surface area (Å²) < 4.78 is 10.2. The summed E-state index contributed by atoms with van der Waals surface area (Å²) in [6.07, 6.45) is 1.64. The van der Waals surface area contributed by atoms with Crippen LogP contribution in [-0.2, 0) is 4.74 Å². The molecule has 2 rings (SSSR count). The lowest BCUT2D eigenvalue weighted by molar-refractivity contribution is 0.188. The van der Waals surface area contributed by atoms with Gasteiger partial charge in [-0.25, -0.2) is 0 Å². The molecule has 1 heterocycles. The van der Waals surface area contributed by atoms with E-state index >= 15 is 0 Å². The van der Waals surface area contributed by atoms with Crippen molar-refractivity contribution in [3.8, 4) is 11.4 Å². The van der Waals surface area contributed by atoms with Crippen molar-refractivity contribution in [2.75, 3.05) is 13.7 Å². The number of aromatic nitrogens is 2. The zero-order valence-corrected chi connectivity index (χ0v) is 11.3. The van der Waals surface area contributed by atoms with Crippen LogP contribution in [0.4, 0.5) is 0 Å². The summed E-state index contributed by atoms with van der Waals surface area (Å²) in [7, 11) is 1.67. The summed E-state index contributed by atoms with van der Waals surface area (Å²) in [5.41, 5.74) is 8.11. The molecule has 5 heteroatoms. The van der Waals surface area contributed by atoms with Crippen LogP contribution in [0.2, 0.25) is 0 Å². The fourth-order valence-corrected chi connectivity index (χ4v) is 1.86. The highest BCUT2D eigenvalue weighted by Crippen LogP contribution is 2.20. The quantitative estimate of drug-likeness (QED) is 0.808. The zero-order chi connectivity index (χ0) is 13.7. The van der Waals surface area contributed by atoms with Crippen molar-refractivity contribution >= 4 is 0 Å². The maximum atomic E-state index is 6.01. The van der Waals surface area contributed by atoms with Crippen molar-refractivity contribution in [3.05, 3.63) is 35.7 Å². The number of aryl methyl sites for hydroxylation is 1. The van der Waals surface area contributed by atoms with E-state index in [0.29, 0.717) is 18.3 Å². The number of hydrogen-bond donors (Lipinski definition) is 1. The maximum Gasteiger partial charge on any atom is 0.243 e. The van der Waals surface area contributed by atoms with Crippen molar-refractivity contribution in [1.29, 1.82) is 0 Å². The molecule has 0 radical (unpaired) electrons. The Morgan fingerprint density at radius 2 is 2.26 bits per heavy atom. The van der Waals surface area contributed by atoms with Gasteiger partial charge in [0.1, 0.15) is 0 Å². The van der Waals surface area contributed by atoms with Gasteiger partial charge in [-0.1, -0.05) is 28.9 Å². The molecule has 2 N–H and O–H groups in total. The van der Waals surface area contributed by atoms with E-state index in [1.54, 1.807) is 7.11 Å². The summed E-state index contributed by atoms with van der Waals surface area (Å²) in [5, 5.41) is 3.98. The number of hydrogen-bond acceptors (Lipinski definition) is 5. The number of rotatable bonds is 6. The van der Waals surface area contributed by atoms with Crippen LogP contribution in [0.15, 0.2) is 28.8 Å². The standard InChI is InChI=1S/C14H19N3O2/c1-10-5-3-6-11(9-10)13-16-14(19-17-13)12(15)7-4-8-18-2/h3,5-6,9,12H,4,7-8,15H2,1-2H3. The first-order valence-electron chi connectivity index (χ1n) is 6.36. The van der Waals surface area contributed by atoms with Gasteiger partial charge in [-0.05, 0) is 25.8 Å². The highest BCUT2D eigenvalue weighted by molar-refractivity contribution is 5.55. The van der Waals surface area contributed by atoms with Crippen molar-refractivity contribution in [1.82, 2.24) is 10.1 Å². The Labute approximate surface area is 112 Å². The van der Waals surface area contributed by atoms with Gasteiger partial charge >= 0.3 is 0 Å². The van der Waals surface area contributed by atoms with Crippen LogP contribution in [0.5, 0.6) is 0 Å². The molecule has 2 aromatic rings. The molecule has 0 aliphatic heterocycles. The molecule has 1 atom stereocenters. The molecule has 19 heavy (non-hydrogen) atoms. The van der Waals surface area contributed by atoms with Gasteiger partial charge in [0.2, 0.25) is 11.7 Å². The van der Waals surface area contributed by atoms with Crippen LogP contribution in [0.1, 0.15) is 30.3 Å². The summed E-state index contributed by atoms with van der Waals surface area (Å²) in [4.78, 5) is 4.36. The fourth-order valence-electron chi connectivity index (χ4n) is 1.86. The van der Waals surface area contributed by atoms with Gasteiger partial charge in [-0.2, -0.15) is 4.98 Å². The molecular formula is C14H19N3O2. The van der Waals surface area contributed by atoms with Gasteiger partial charge in [-0.15, -0.1) is 0 Å². The number of methoxy groups -OCH3 is 1. The Morgan fingerprint density at radius 3 is 3.00 bits per heavy atom. The first-order chi connectivity index (χ1) is 9.20. The van der Waals surface area contributed by atoms with Crippen LogP contribution >= 0.6 is 0 Å². The molecule has 5 nitrogen and oxygen atoms in total. The van der Waals surface area contributed by atoms with Crippen LogP contribution in [0.3, 0.4) is 0 Å². The Morgan fingerprint density at radius 1 is 1.42 bits per heavy atom. The minimum atomic E-state index is -0.235. The summed E-state index contributed by atoms with van der Waals surface area (Å²) in [5.74, 6) is 1.06. The van der Waals surface area contributed by atoms with Gasteiger partial charge in [-0.3, -0.25) is 0 Å². The van der Waals surface area contributed by atoms with Crippen molar-refractivity contribution < 1.29 is 9.26 Å².